The Morgan fingerprint density at radius 2 is 2.00 bits per heavy atom. The number of aryl methyl sites for hydroxylation is 3. The van der Waals surface area contributed by atoms with Crippen molar-refractivity contribution in [3.05, 3.63) is 22.1 Å². The van der Waals surface area contributed by atoms with E-state index in [9.17, 15) is 0 Å². The molecule has 0 radical (unpaired) electrons. The van der Waals surface area contributed by atoms with Gasteiger partial charge in [0.25, 0.3) is 0 Å². The molecule has 3 aromatic rings. The van der Waals surface area contributed by atoms with E-state index in [2.05, 4.69) is 38.6 Å². The van der Waals surface area contributed by atoms with E-state index in [4.69, 9.17) is 0 Å². The Kier molecular flexibility index (Phi) is 5.02. The Hall–Kier alpha value is -1.71. The van der Waals surface area contributed by atoms with Crippen molar-refractivity contribution >= 4 is 41.1 Å². The number of aromatic nitrogens is 6. The topological polar surface area (TPSA) is 64.1 Å². The molecule has 3 heterocycles. The van der Waals surface area contributed by atoms with Crippen molar-refractivity contribution in [2.75, 3.05) is 26.4 Å². The average Bonchev–Trinajstić information content (AvgIpc) is 3.15. The van der Waals surface area contributed by atoms with Gasteiger partial charge >= 0.3 is 0 Å². The fourth-order valence-electron chi connectivity index (χ4n) is 2.39. The molecule has 0 atom stereocenters. The van der Waals surface area contributed by atoms with Crippen LogP contribution in [0.2, 0.25) is 0 Å². The van der Waals surface area contributed by atoms with Crippen molar-refractivity contribution in [1.29, 1.82) is 0 Å². The summed E-state index contributed by atoms with van der Waals surface area (Å²) >= 11 is 3.11. The quantitative estimate of drug-likeness (QED) is 0.627. The summed E-state index contributed by atoms with van der Waals surface area (Å²) in [6, 6.07) is 0. The van der Waals surface area contributed by atoms with E-state index in [1.165, 1.54) is 11.5 Å². The minimum Gasteiger partial charge on any atom is -0.309 e. The molecule has 0 unspecified atom stereocenters. The van der Waals surface area contributed by atoms with Gasteiger partial charge in [0.2, 0.25) is 5.16 Å². The fourth-order valence-corrected chi connectivity index (χ4v) is 4.04. The molecule has 3 aromatic heterocycles. The molecular weight excluding hydrogens is 342 g/mol. The van der Waals surface area contributed by atoms with Crippen LogP contribution in [0.4, 0.5) is 0 Å². The van der Waals surface area contributed by atoms with E-state index in [1.54, 1.807) is 11.8 Å². The zero-order valence-corrected chi connectivity index (χ0v) is 16.1. The number of rotatable bonds is 6. The van der Waals surface area contributed by atoms with Crippen molar-refractivity contribution in [2.24, 2.45) is 7.05 Å². The first-order valence-electron chi connectivity index (χ1n) is 7.64. The third kappa shape index (κ3) is 3.52. The van der Waals surface area contributed by atoms with Crippen LogP contribution in [0.5, 0.6) is 0 Å². The van der Waals surface area contributed by atoms with Crippen LogP contribution in [-0.2, 0) is 7.05 Å². The molecule has 24 heavy (non-hydrogen) atoms. The first-order chi connectivity index (χ1) is 11.5. The summed E-state index contributed by atoms with van der Waals surface area (Å²) in [4.78, 5) is 6.72. The summed E-state index contributed by atoms with van der Waals surface area (Å²) in [5.41, 5.74) is 3.04. The summed E-state index contributed by atoms with van der Waals surface area (Å²) in [5, 5.41) is 10.7. The van der Waals surface area contributed by atoms with Crippen molar-refractivity contribution in [3.63, 3.8) is 0 Å². The molecular formula is C15H21N7S2. The monoisotopic (exact) mass is 363 g/mol. The molecule has 0 aliphatic heterocycles. The predicted octanol–water partition coefficient (Wildman–Crippen LogP) is 2.36. The molecule has 0 aliphatic rings. The number of fused-ring (bicyclic) bond motifs is 1. The van der Waals surface area contributed by atoms with E-state index >= 15 is 0 Å². The van der Waals surface area contributed by atoms with Crippen LogP contribution in [0.25, 0.3) is 17.8 Å². The molecule has 0 aliphatic carbocycles. The highest BCUT2D eigenvalue weighted by atomic mass is 32.2. The van der Waals surface area contributed by atoms with Crippen LogP contribution < -0.4 is 0 Å². The van der Waals surface area contributed by atoms with E-state index in [0.29, 0.717) is 0 Å². The van der Waals surface area contributed by atoms with Crippen molar-refractivity contribution < 1.29 is 0 Å². The maximum atomic E-state index is 4.56. The molecule has 0 aromatic carbocycles. The first-order valence-corrected chi connectivity index (χ1v) is 9.40. The van der Waals surface area contributed by atoms with E-state index in [-0.39, 0.29) is 0 Å². The molecule has 0 saturated carbocycles. The lowest BCUT2D eigenvalue weighted by molar-refractivity contribution is 0.437. The molecule has 0 N–H and O–H groups in total. The molecule has 0 fully saturated rings. The third-order valence-electron chi connectivity index (χ3n) is 3.57. The summed E-state index contributed by atoms with van der Waals surface area (Å²) < 4.78 is 8.14. The summed E-state index contributed by atoms with van der Waals surface area (Å²) in [5.74, 6) is 1.87. The smallest absolute Gasteiger partial charge is 0.200 e. The van der Waals surface area contributed by atoms with Gasteiger partial charge in [-0.2, -0.15) is 19.1 Å². The molecule has 9 heteroatoms. The number of nitrogens with zero attached hydrogens (tertiary/aromatic N) is 7. The maximum Gasteiger partial charge on any atom is 0.200 e. The number of hydrogen-bond acceptors (Lipinski definition) is 7. The molecule has 0 amide bonds. The van der Waals surface area contributed by atoms with Gasteiger partial charge in [-0.25, -0.2) is 9.67 Å². The minimum atomic E-state index is 0.842. The molecule has 3 rings (SSSR count). The second-order valence-electron chi connectivity index (χ2n) is 5.81. The Morgan fingerprint density at radius 1 is 1.21 bits per heavy atom. The Labute approximate surface area is 149 Å². The van der Waals surface area contributed by atoms with Gasteiger partial charge in [-0.15, -0.1) is 0 Å². The standard InChI is InChI=1S/C15H21N7S2/c1-10-12(14-21(5)18-11(2)22(14)17-10)6-7-13-16-15(19-24-13)23-9-8-20(3)4/h6-7H,8-9H2,1-5H3/b7-6+. The zero-order chi connectivity index (χ0) is 17.3. The molecule has 0 bridgehead atoms. The second-order valence-corrected chi connectivity index (χ2v) is 7.65. The zero-order valence-electron chi connectivity index (χ0n) is 14.5. The van der Waals surface area contributed by atoms with Crippen molar-refractivity contribution in [2.45, 2.75) is 19.0 Å². The lowest BCUT2D eigenvalue weighted by Crippen LogP contribution is -2.14. The van der Waals surface area contributed by atoms with Gasteiger partial charge in [0, 0.05) is 24.9 Å². The van der Waals surface area contributed by atoms with Gasteiger partial charge in [-0.1, -0.05) is 11.8 Å². The van der Waals surface area contributed by atoms with Gasteiger partial charge in [-0.3, -0.25) is 0 Å². The molecule has 7 nitrogen and oxygen atoms in total. The van der Waals surface area contributed by atoms with Crippen LogP contribution in [0.1, 0.15) is 22.1 Å². The van der Waals surface area contributed by atoms with E-state index in [0.717, 1.165) is 45.2 Å². The summed E-state index contributed by atoms with van der Waals surface area (Å²) in [7, 11) is 6.07. The summed E-state index contributed by atoms with van der Waals surface area (Å²) in [6.07, 6.45) is 4.05. The van der Waals surface area contributed by atoms with Gasteiger partial charge in [0.1, 0.15) is 10.8 Å². The van der Waals surface area contributed by atoms with Crippen molar-refractivity contribution in [3.8, 4) is 0 Å². The van der Waals surface area contributed by atoms with Crippen LogP contribution in [0, 0.1) is 13.8 Å². The predicted molar refractivity (Wildman–Crippen MR) is 99.5 cm³/mol. The second kappa shape index (κ2) is 7.04. The Morgan fingerprint density at radius 3 is 2.75 bits per heavy atom. The first kappa shape index (κ1) is 17.1. The van der Waals surface area contributed by atoms with Crippen LogP contribution in [0.3, 0.4) is 0 Å². The van der Waals surface area contributed by atoms with Crippen LogP contribution in [0.15, 0.2) is 5.16 Å². The highest BCUT2D eigenvalue weighted by Gasteiger charge is 2.13. The number of thioether (sulfide) groups is 1. The van der Waals surface area contributed by atoms with E-state index < -0.39 is 0 Å². The normalized spacial score (nSPS) is 12.2. The average molecular weight is 364 g/mol. The maximum absolute atomic E-state index is 4.56. The minimum absolute atomic E-state index is 0.842. The third-order valence-corrected chi connectivity index (χ3v) is 5.20. The van der Waals surface area contributed by atoms with Crippen LogP contribution in [-0.4, -0.2) is 60.0 Å². The summed E-state index contributed by atoms with van der Waals surface area (Å²) in [6.45, 7) is 4.98. The molecule has 0 saturated heterocycles. The SMILES string of the molecule is Cc1nn2c(C)nn(C)c2c1/C=C/c1nc(SCCN(C)C)ns1. The number of hydrogen-bond donors (Lipinski definition) is 0. The lowest BCUT2D eigenvalue weighted by Gasteiger charge is -2.06. The highest BCUT2D eigenvalue weighted by molar-refractivity contribution is 7.99. The van der Waals surface area contributed by atoms with Gasteiger partial charge in [-0.05, 0) is 51.6 Å². The van der Waals surface area contributed by atoms with Crippen LogP contribution >= 0.6 is 23.3 Å². The Bertz CT molecular complexity index is 872. The van der Waals surface area contributed by atoms with Crippen molar-refractivity contribution in [1.82, 2.24) is 33.7 Å². The molecule has 128 valence electrons. The lowest BCUT2D eigenvalue weighted by atomic mass is 10.2. The molecule has 0 spiro atoms. The Balaban J connectivity index is 1.77. The van der Waals surface area contributed by atoms with Gasteiger partial charge in [0.15, 0.2) is 5.65 Å². The van der Waals surface area contributed by atoms with Gasteiger partial charge < -0.3 is 4.90 Å². The van der Waals surface area contributed by atoms with Gasteiger partial charge in [0.05, 0.1) is 5.69 Å². The fraction of sp³-hybridized carbons (Fsp3) is 0.467. The largest absolute Gasteiger partial charge is 0.309 e. The highest BCUT2D eigenvalue weighted by Crippen LogP contribution is 2.21. The van der Waals surface area contributed by atoms with E-state index in [1.807, 2.05) is 42.2 Å².